The molecule has 19 heavy (non-hydrogen) atoms. The number of hydrogen-bond acceptors (Lipinski definition) is 1. The van der Waals surface area contributed by atoms with Gasteiger partial charge in [0.15, 0.2) is 8.32 Å². The fourth-order valence-corrected chi connectivity index (χ4v) is 2.68. The summed E-state index contributed by atoms with van der Waals surface area (Å²) in [5.74, 6) is 0. The van der Waals surface area contributed by atoms with Gasteiger partial charge < -0.3 is 4.43 Å². The van der Waals surface area contributed by atoms with Gasteiger partial charge in [-0.15, -0.1) is 0 Å². The van der Waals surface area contributed by atoms with Crippen LogP contribution in [-0.2, 0) is 4.43 Å². The van der Waals surface area contributed by atoms with E-state index in [4.69, 9.17) is 16.0 Å². The second-order valence-corrected chi connectivity index (χ2v) is 11.5. The molecule has 106 valence electrons. The Morgan fingerprint density at radius 3 is 2.42 bits per heavy atom. The summed E-state index contributed by atoms with van der Waals surface area (Å²) >= 11 is 6.09. The van der Waals surface area contributed by atoms with Crippen molar-refractivity contribution in [2.45, 2.75) is 45.3 Å². The average molecular weight is 297 g/mol. The van der Waals surface area contributed by atoms with Crippen LogP contribution in [0.2, 0.25) is 23.2 Å². The third-order valence-corrected chi connectivity index (χ3v) is 8.64. The molecule has 0 heterocycles. The zero-order valence-electron chi connectivity index (χ0n) is 12.7. The zero-order valence-corrected chi connectivity index (χ0v) is 14.4. The van der Waals surface area contributed by atoms with Gasteiger partial charge in [-0.2, -0.15) is 0 Å². The van der Waals surface area contributed by atoms with Gasteiger partial charge in [0, 0.05) is 11.6 Å². The van der Waals surface area contributed by atoms with Crippen molar-refractivity contribution in [2.75, 3.05) is 6.61 Å². The maximum absolute atomic E-state index is 6.12. The van der Waals surface area contributed by atoms with Crippen LogP contribution in [0.4, 0.5) is 0 Å². The van der Waals surface area contributed by atoms with Gasteiger partial charge in [-0.25, -0.2) is 0 Å². The molecule has 0 aliphatic heterocycles. The van der Waals surface area contributed by atoms with Gasteiger partial charge in [0.2, 0.25) is 0 Å². The van der Waals surface area contributed by atoms with E-state index in [-0.39, 0.29) is 5.04 Å². The number of benzene rings is 1. The van der Waals surface area contributed by atoms with Gasteiger partial charge in [0.1, 0.15) is 0 Å². The highest BCUT2D eigenvalue weighted by molar-refractivity contribution is 6.74. The Morgan fingerprint density at radius 1 is 1.21 bits per heavy atom. The van der Waals surface area contributed by atoms with Gasteiger partial charge in [-0.05, 0) is 36.2 Å². The van der Waals surface area contributed by atoms with E-state index in [0.29, 0.717) is 0 Å². The first-order valence-corrected chi connectivity index (χ1v) is 10.1. The van der Waals surface area contributed by atoms with Gasteiger partial charge in [-0.3, -0.25) is 0 Å². The summed E-state index contributed by atoms with van der Waals surface area (Å²) in [6.07, 6.45) is 5.13. The third kappa shape index (κ3) is 5.13. The summed E-state index contributed by atoms with van der Waals surface area (Å²) in [6, 6.07) is 7.87. The molecule has 0 saturated carbocycles. The predicted molar refractivity (Wildman–Crippen MR) is 88.3 cm³/mol. The highest BCUT2D eigenvalue weighted by atomic mass is 35.5. The van der Waals surface area contributed by atoms with Crippen molar-refractivity contribution in [2.24, 2.45) is 0 Å². The van der Waals surface area contributed by atoms with Gasteiger partial charge >= 0.3 is 0 Å². The van der Waals surface area contributed by atoms with E-state index in [1.54, 1.807) is 0 Å². The van der Waals surface area contributed by atoms with E-state index >= 15 is 0 Å². The van der Waals surface area contributed by atoms with Crippen LogP contribution in [0, 0.1) is 0 Å². The fourth-order valence-electron chi connectivity index (χ4n) is 1.42. The fraction of sp³-hybridized carbons (Fsp3) is 0.500. The smallest absolute Gasteiger partial charge is 0.191 e. The van der Waals surface area contributed by atoms with Crippen LogP contribution in [0.5, 0.6) is 0 Å². The summed E-state index contributed by atoms with van der Waals surface area (Å²) < 4.78 is 6.12. The highest BCUT2D eigenvalue weighted by Crippen LogP contribution is 2.36. The molecule has 0 N–H and O–H groups in total. The highest BCUT2D eigenvalue weighted by Gasteiger charge is 2.36. The molecule has 0 aliphatic carbocycles. The molecule has 0 spiro atoms. The molecule has 0 fully saturated rings. The monoisotopic (exact) mass is 296 g/mol. The van der Waals surface area contributed by atoms with E-state index in [2.05, 4.69) is 46.0 Å². The SMILES string of the molecule is CC(C)(C)[Si](C)(C)OCCC=Cc1ccccc1Cl. The molecule has 0 aliphatic rings. The minimum absolute atomic E-state index is 0.277. The molecule has 0 aromatic heterocycles. The van der Waals surface area contributed by atoms with Crippen molar-refractivity contribution in [1.82, 2.24) is 0 Å². The second-order valence-electron chi connectivity index (χ2n) is 6.32. The average Bonchev–Trinajstić information content (AvgIpc) is 2.29. The number of rotatable bonds is 5. The predicted octanol–water partition coefficient (Wildman–Crippen LogP) is 5.77. The summed E-state index contributed by atoms with van der Waals surface area (Å²) in [6.45, 7) is 12.1. The quantitative estimate of drug-likeness (QED) is 0.495. The van der Waals surface area contributed by atoms with Crippen molar-refractivity contribution < 1.29 is 4.43 Å². The van der Waals surface area contributed by atoms with Crippen molar-refractivity contribution in [3.8, 4) is 0 Å². The molecule has 0 unspecified atom stereocenters. The number of hydrogen-bond donors (Lipinski definition) is 0. The van der Waals surface area contributed by atoms with Crippen molar-refractivity contribution in [3.63, 3.8) is 0 Å². The van der Waals surface area contributed by atoms with Crippen molar-refractivity contribution in [1.29, 1.82) is 0 Å². The minimum atomic E-state index is -1.61. The maximum atomic E-state index is 6.12. The Bertz CT molecular complexity index is 433. The summed E-state index contributed by atoms with van der Waals surface area (Å²) in [5.41, 5.74) is 1.07. The Hall–Kier alpha value is -0.573. The molecule has 1 aromatic carbocycles. The molecule has 0 saturated heterocycles. The lowest BCUT2D eigenvalue weighted by Crippen LogP contribution is -2.40. The molecule has 0 bridgehead atoms. The lowest BCUT2D eigenvalue weighted by Gasteiger charge is -2.36. The normalized spacial score (nSPS) is 13.2. The molecule has 0 amide bonds. The van der Waals surface area contributed by atoms with E-state index in [1.807, 2.05) is 24.3 Å². The molecular formula is C16H25ClOSi. The Balaban J connectivity index is 2.42. The van der Waals surface area contributed by atoms with Gasteiger partial charge in [0.25, 0.3) is 0 Å². The summed E-state index contributed by atoms with van der Waals surface area (Å²) in [5, 5.41) is 1.07. The van der Waals surface area contributed by atoms with Crippen LogP contribution in [0.15, 0.2) is 30.3 Å². The van der Waals surface area contributed by atoms with E-state index < -0.39 is 8.32 Å². The zero-order chi connectivity index (χ0) is 14.5. The molecular weight excluding hydrogens is 272 g/mol. The minimum Gasteiger partial charge on any atom is -0.417 e. The lowest BCUT2D eigenvalue weighted by molar-refractivity contribution is 0.294. The van der Waals surface area contributed by atoms with Crippen LogP contribution >= 0.6 is 11.6 Å². The molecule has 1 nitrogen and oxygen atoms in total. The van der Waals surface area contributed by atoms with Crippen LogP contribution in [0.1, 0.15) is 32.8 Å². The van der Waals surface area contributed by atoms with Crippen molar-refractivity contribution >= 4 is 26.0 Å². The van der Waals surface area contributed by atoms with E-state index in [9.17, 15) is 0 Å². The maximum Gasteiger partial charge on any atom is 0.191 e. The largest absolute Gasteiger partial charge is 0.417 e. The van der Waals surface area contributed by atoms with E-state index in [1.165, 1.54) is 0 Å². The van der Waals surface area contributed by atoms with Crippen LogP contribution < -0.4 is 0 Å². The third-order valence-electron chi connectivity index (χ3n) is 3.76. The Labute approximate surface area is 123 Å². The first-order chi connectivity index (χ1) is 8.74. The van der Waals surface area contributed by atoms with Gasteiger partial charge in [0.05, 0.1) is 0 Å². The lowest BCUT2D eigenvalue weighted by atomic mass is 10.2. The molecule has 0 radical (unpaired) electrons. The molecule has 0 atom stereocenters. The molecule has 1 rings (SSSR count). The molecule has 3 heteroatoms. The van der Waals surface area contributed by atoms with Crippen LogP contribution in [0.3, 0.4) is 0 Å². The van der Waals surface area contributed by atoms with Crippen molar-refractivity contribution in [3.05, 3.63) is 40.9 Å². The summed E-state index contributed by atoms with van der Waals surface area (Å²) in [4.78, 5) is 0. The first-order valence-electron chi connectivity index (χ1n) is 6.79. The Kier molecular flexibility index (Phi) is 5.84. The van der Waals surface area contributed by atoms with E-state index in [0.717, 1.165) is 23.6 Å². The van der Waals surface area contributed by atoms with Crippen LogP contribution in [0.25, 0.3) is 6.08 Å². The standard InChI is InChI=1S/C16H25ClOSi/c1-16(2,3)19(4,5)18-13-9-8-11-14-10-6-7-12-15(14)17/h6-8,10-12H,9,13H2,1-5H3. The Morgan fingerprint density at radius 2 is 1.84 bits per heavy atom. The second kappa shape index (κ2) is 6.73. The first kappa shape index (κ1) is 16.5. The van der Waals surface area contributed by atoms with Crippen LogP contribution in [-0.4, -0.2) is 14.9 Å². The number of halogens is 1. The van der Waals surface area contributed by atoms with Gasteiger partial charge in [-0.1, -0.05) is 62.7 Å². The molecule has 1 aromatic rings. The summed E-state index contributed by atoms with van der Waals surface area (Å²) in [7, 11) is -1.61. The topological polar surface area (TPSA) is 9.23 Å².